The molecular weight excluding hydrogens is 250 g/mol. The summed E-state index contributed by atoms with van der Waals surface area (Å²) >= 11 is 1.24. The van der Waals surface area contributed by atoms with Crippen LogP contribution in [0.2, 0.25) is 0 Å². The first kappa shape index (κ1) is 13.3. The average Bonchev–Trinajstić information content (AvgIpc) is 2.78. The van der Waals surface area contributed by atoms with Crippen molar-refractivity contribution in [3.05, 3.63) is 11.1 Å². The first-order valence-electron chi connectivity index (χ1n) is 6.15. The Morgan fingerprint density at radius 1 is 1.72 bits per heavy atom. The minimum absolute atomic E-state index is 0.303. The summed E-state index contributed by atoms with van der Waals surface area (Å²) in [5.41, 5.74) is 0. The van der Waals surface area contributed by atoms with Crippen LogP contribution in [0.3, 0.4) is 0 Å². The lowest BCUT2D eigenvalue weighted by atomic mass is 9.98. The Balaban J connectivity index is 1.93. The van der Waals surface area contributed by atoms with Gasteiger partial charge in [-0.1, -0.05) is 11.3 Å². The molecule has 1 aliphatic rings. The van der Waals surface area contributed by atoms with E-state index in [4.69, 9.17) is 5.11 Å². The number of carbonyl (C=O) groups is 1. The highest BCUT2D eigenvalue weighted by atomic mass is 32.1. The number of hydrogen-bond donors (Lipinski definition) is 1. The highest BCUT2D eigenvalue weighted by Gasteiger charge is 2.20. The van der Waals surface area contributed by atoms with Gasteiger partial charge in [-0.05, 0) is 32.4 Å². The van der Waals surface area contributed by atoms with Crippen LogP contribution in [-0.4, -0.2) is 54.7 Å². The van der Waals surface area contributed by atoms with Crippen molar-refractivity contribution in [3.63, 3.8) is 0 Å². The molecule has 18 heavy (non-hydrogen) atoms. The summed E-state index contributed by atoms with van der Waals surface area (Å²) < 4.78 is 0. The number of piperidine rings is 1. The fourth-order valence-electron chi connectivity index (χ4n) is 2.43. The van der Waals surface area contributed by atoms with Crippen LogP contribution in [-0.2, 0) is 0 Å². The van der Waals surface area contributed by atoms with Crippen LogP contribution < -0.4 is 4.90 Å². The Bertz CT molecular complexity index is 421. The molecular formula is C12H19N3O2S. The van der Waals surface area contributed by atoms with Gasteiger partial charge >= 0.3 is 5.97 Å². The summed E-state index contributed by atoms with van der Waals surface area (Å²) in [5, 5.41) is 9.67. The van der Waals surface area contributed by atoms with Gasteiger partial charge in [-0.3, -0.25) is 0 Å². The van der Waals surface area contributed by atoms with Crippen molar-refractivity contribution in [3.8, 4) is 0 Å². The maximum absolute atomic E-state index is 10.8. The summed E-state index contributed by atoms with van der Waals surface area (Å²) in [4.78, 5) is 19.7. The minimum Gasteiger partial charge on any atom is -0.477 e. The Labute approximate surface area is 111 Å². The third-order valence-electron chi connectivity index (χ3n) is 3.28. The van der Waals surface area contributed by atoms with Crippen LogP contribution >= 0.6 is 11.3 Å². The number of rotatable bonds is 4. The van der Waals surface area contributed by atoms with Crippen molar-refractivity contribution >= 4 is 22.4 Å². The zero-order chi connectivity index (χ0) is 13.1. The number of hydrogen-bond acceptors (Lipinski definition) is 5. The molecule has 1 N–H and O–H groups in total. The highest BCUT2D eigenvalue weighted by molar-refractivity contribution is 7.17. The van der Waals surface area contributed by atoms with E-state index in [0.29, 0.717) is 10.8 Å². The molecule has 1 aliphatic heterocycles. The number of nitrogens with zero attached hydrogens (tertiary/aromatic N) is 3. The lowest BCUT2D eigenvalue weighted by Gasteiger charge is -2.32. The van der Waals surface area contributed by atoms with E-state index >= 15 is 0 Å². The van der Waals surface area contributed by atoms with Crippen LogP contribution in [0.25, 0.3) is 0 Å². The molecule has 5 nitrogen and oxygen atoms in total. The summed E-state index contributed by atoms with van der Waals surface area (Å²) in [7, 11) is 4.14. The van der Waals surface area contributed by atoms with E-state index in [2.05, 4.69) is 21.8 Å². The second-order valence-corrected chi connectivity index (χ2v) is 5.97. The minimum atomic E-state index is -0.899. The second-order valence-electron chi connectivity index (χ2n) is 4.96. The van der Waals surface area contributed by atoms with Gasteiger partial charge in [-0.2, -0.15) is 0 Å². The summed E-state index contributed by atoms with van der Waals surface area (Å²) in [6.45, 7) is 3.24. The van der Waals surface area contributed by atoms with Gasteiger partial charge in [0.2, 0.25) is 0 Å². The lowest BCUT2D eigenvalue weighted by molar-refractivity contribution is 0.0702. The van der Waals surface area contributed by atoms with Crippen LogP contribution in [0, 0.1) is 5.92 Å². The lowest BCUT2D eigenvalue weighted by Crippen LogP contribution is -2.38. The topological polar surface area (TPSA) is 56.7 Å². The third-order valence-corrected chi connectivity index (χ3v) is 4.38. The van der Waals surface area contributed by atoms with E-state index in [1.807, 2.05) is 7.05 Å². The van der Waals surface area contributed by atoms with Gasteiger partial charge in [0.15, 0.2) is 5.13 Å². The summed E-state index contributed by atoms with van der Waals surface area (Å²) in [5.74, 6) is -0.254. The van der Waals surface area contributed by atoms with Gasteiger partial charge in [0, 0.05) is 20.1 Å². The molecule has 1 unspecified atom stereocenters. The predicted octanol–water partition coefficient (Wildman–Crippen LogP) is 1.62. The maximum atomic E-state index is 10.8. The summed E-state index contributed by atoms with van der Waals surface area (Å²) in [6, 6.07) is 0. The molecule has 0 spiro atoms. The first-order valence-corrected chi connectivity index (χ1v) is 6.96. The Morgan fingerprint density at radius 2 is 2.50 bits per heavy atom. The van der Waals surface area contributed by atoms with Crippen molar-refractivity contribution in [1.29, 1.82) is 0 Å². The molecule has 1 fully saturated rings. The highest BCUT2D eigenvalue weighted by Crippen LogP contribution is 2.24. The SMILES string of the molecule is CN1CCCC(CN(C)c2ncc(C(=O)O)s2)C1. The van der Waals surface area contributed by atoms with Crippen molar-refractivity contribution in [2.75, 3.05) is 38.6 Å². The van der Waals surface area contributed by atoms with Crippen LogP contribution in [0.15, 0.2) is 6.20 Å². The molecule has 100 valence electrons. The fourth-order valence-corrected chi connectivity index (χ4v) is 3.15. The number of carboxylic acid groups (broad SMARTS) is 1. The normalized spacial score (nSPS) is 20.9. The second kappa shape index (κ2) is 5.67. The van der Waals surface area contributed by atoms with Crippen LogP contribution in [0.1, 0.15) is 22.5 Å². The van der Waals surface area contributed by atoms with E-state index < -0.39 is 5.97 Å². The fraction of sp³-hybridized carbons (Fsp3) is 0.667. The van der Waals surface area contributed by atoms with Crippen molar-refractivity contribution < 1.29 is 9.90 Å². The molecule has 0 aliphatic carbocycles. The monoisotopic (exact) mass is 269 g/mol. The quantitative estimate of drug-likeness (QED) is 0.900. The number of anilines is 1. The van der Waals surface area contributed by atoms with Crippen LogP contribution in [0.5, 0.6) is 0 Å². The molecule has 0 aromatic carbocycles. The van der Waals surface area contributed by atoms with Gasteiger partial charge < -0.3 is 14.9 Å². The number of aromatic carboxylic acids is 1. The number of likely N-dealkylation sites (tertiary alicyclic amines) is 1. The van der Waals surface area contributed by atoms with Gasteiger partial charge in [0.05, 0.1) is 6.20 Å². The number of aromatic nitrogens is 1. The Morgan fingerprint density at radius 3 is 3.11 bits per heavy atom. The number of carboxylic acids is 1. The largest absolute Gasteiger partial charge is 0.477 e. The van der Waals surface area contributed by atoms with Crippen molar-refractivity contribution in [2.45, 2.75) is 12.8 Å². The molecule has 1 saturated heterocycles. The smallest absolute Gasteiger partial charge is 0.347 e. The van der Waals surface area contributed by atoms with Crippen molar-refractivity contribution in [2.24, 2.45) is 5.92 Å². The molecule has 6 heteroatoms. The zero-order valence-corrected chi connectivity index (χ0v) is 11.6. The standard InChI is InChI=1S/C12H19N3O2S/c1-14-5-3-4-9(7-14)8-15(2)12-13-6-10(18-12)11(16)17/h6,9H,3-5,7-8H2,1-2H3,(H,16,17). The van der Waals surface area contributed by atoms with Gasteiger partial charge in [0.1, 0.15) is 4.88 Å². The van der Waals surface area contributed by atoms with Crippen molar-refractivity contribution in [1.82, 2.24) is 9.88 Å². The molecule has 0 bridgehead atoms. The maximum Gasteiger partial charge on any atom is 0.347 e. The Kier molecular flexibility index (Phi) is 4.19. The van der Waals surface area contributed by atoms with Crippen LogP contribution in [0.4, 0.5) is 5.13 Å². The average molecular weight is 269 g/mol. The molecule has 1 atom stereocenters. The van der Waals surface area contributed by atoms with E-state index in [0.717, 1.165) is 18.2 Å². The van der Waals surface area contributed by atoms with E-state index in [1.54, 1.807) is 0 Å². The molecule has 0 saturated carbocycles. The molecule has 0 radical (unpaired) electrons. The van der Waals surface area contributed by atoms with Gasteiger partial charge in [0.25, 0.3) is 0 Å². The first-order chi connectivity index (χ1) is 8.56. The molecule has 1 aromatic rings. The molecule has 0 amide bonds. The predicted molar refractivity (Wildman–Crippen MR) is 72.6 cm³/mol. The number of thiazole rings is 1. The van der Waals surface area contributed by atoms with E-state index in [-0.39, 0.29) is 0 Å². The zero-order valence-electron chi connectivity index (χ0n) is 10.8. The molecule has 2 rings (SSSR count). The van der Waals surface area contributed by atoms with E-state index in [9.17, 15) is 4.79 Å². The molecule has 2 heterocycles. The third kappa shape index (κ3) is 3.20. The van der Waals surface area contributed by atoms with Gasteiger partial charge in [-0.15, -0.1) is 0 Å². The van der Waals surface area contributed by atoms with E-state index in [1.165, 1.54) is 36.9 Å². The van der Waals surface area contributed by atoms with Gasteiger partial charge in [-0.25, -0.2) is 9.78 Å². The summed E-state index contributed by atoms with van der Waals surface area (Å²) in [6.07, 6.45) is 3.92. The molecule has 1 aromatic heterocycles. The Hall–Kier alpha value is -1.14.